The molecule has 1 saturated heterocycles. The van der Waals surface area contributed by atoms with Gasteiger partial charge in [0.2, 0.25) is 0 Å². The molecule has 0 aromatic rings. The van der Waals surface area contributed by atoms with Crippen LogP contribution >= 0.6 is 0 Å². The van der Waals surface area contributed by atoms with E-state index in [0.717, 1.165) is 93.7 Å². The van der Waals surface area contributed by atoms with Crippen molar-refractivity contribution < 1.29 is 0 Å². The quantitative estimate of drug-likeness (QED) is 0.102. The molecule has 0 aromatic heterocycles. The van der Waals surface area contributed by atoms with Crippen LogP contribution in [0.15, 0.2) is 23.3 Å². The molecule has 12 fully saturated rings. The van der Waals surface area contributed by atoms with Crippen LogP contribution in [0.25, 0.3) is 0 Å². The Balaban J connectivity index is 0.863. The molecule has 1 aliphatic heterocycles. The molecule has 0 amide bonds. The summed E-state index contributed by atoms with van der Waals surface area (Å²) in [6, 6.07) is 0. The second-order valence-corrected chi connectivity index (χ2v) is 26.1. The average Bonchev–Trinajstić information content (AvgIpc) is 3.76. The Morgan fingerprint density at radius 1 is 0.719 bits per heavy atom. The molecule has 3 spiro atoms. The van der Waals surface area contributed by atoms with E-state index in [1.54, 1.807) is 128 Å². The third-order valence-corrected chi connectivity index (χ3v) is 24.3. The molecule has 57 heavy (non-hydrogen) atoms. The van der Waals surface area contributed by atoms with Gasteiger partial charge in [0, 0.05) is 19.6 Å². The van der Waals surface area contributed by atoms with Crippen LogP contribution in [0.2, 0.25) is 0 Å². The van der Waals surface area contributed by atoms with Gasteiger partial charge in [0.25, 0.3) is 0 Å². The van der Waals surface area contributed by atoms with E-state index in [0.29, 0.717) is 5.41 Å². The van der Waals surface area contributed by atoms with Crippen molar-refractivity contribution >= 4 is 0 Å². The Morgan fingerprint density at radius 3 is 2.18 bits per heavy atom. The minimum atomic E-state index is 0.607. The highest BCUT2D eigenvalue weighted by Crippen LogP contribution is 2.94. The van der Waals surface area contributed by atoms with E-state index in [1.165, 1.54) is 88.3 Å². The summed E-state index contributed by atoms with van der Waals surface area (Å²) in [6.45, 7) is 7.10. The van der Waals surface area contributed by atoms with E-state index < -0.39 is 0 Å². The van der Waals surface area contributed by atoms with Gasteiger partial charge in [0.15, 0.2) is 0 Å². The molecular formula is C56H83N. The van der Waals surface area contributed by atoms with Gasteiger partial charge in [-0.25, -0.2) is 0 Å². The first-order valence-corrected chi connectivity index (χ1v) is 27.2. The summed E-state index contributed by atoms with van der Waals surface area (Å²) in [5.74, 6) is 19.7. The molecule has 0 N–H and O–H groups in total. The average molecular weight is 770 g/mol. The fourth-order valence-electron chi connectivity index (χ4n) is 22.1. The standard InChI is InChI=1S/C56H83N/c1-34-10-8-19-42(34)48(46(28-36-13-9-14-36)39-17-6-7-18-39)47-32-56(47)51-44-21-20-43(44)49(51)50-45-22-23-54(31-41(54)33-57-24-25-57)52(45)55(53(50)56)29-37(30-55)27-40(38-15-4-5-16-38)26-35-11-2-3-12-35/h11,29,34,36,38-53H,2-10,12-28,30-33H2,1H3. The van der Waals surface area contributed by atoms with E-state index in [9.17, 15) is 0 Å². The minimum absolute atomic E-state index is 0.607. The maximum Gasteiger partial charge on any atom is 0.0110 e. The molecule has 0 radical (unpaired) electrons. The van der Waals surface area contributed by atoms with Gasteiger partial charge >= 0.3 is 0 Å². The summed E-state index contributed by atoms with van der Waals surface area (Å²) in [4.78, 5) is 2.85. The lowest BCUT2D eigenvalue weighted by Crippen LogP contribution is -2.56. The lowest BCUT2D eigenvalue weighted by atomic mass is 9.43. The van der Waals surface area contributed by atoms with Crippen molar-refractivity contribution in [3.8, 4) is 0 Å². The molecule has 1 heteroatoms. The Kier molecular flexibility index (Phi) is 8.20. The lowest BCUT2D eigenvalue weighted by Gasteiger charge is -2.62. The smallest absolute Gasteiger partial charge is 0.0110 e. The fourth-order valence-corrected chi connectivity index (χ4v) is 22.1. The molecule has 11 saturated carbocycles. The fraction of sp³-hybridized carbons (Fsp3) is 0.929. The predicted octanol–water partition coefficient (Wildman–Crippen LogP) is 13.9. The van der Waals surface area contributed by atoms with Crippen molar-refractivity contribution in [1.29, 1.82) is 0 Å². The number of hydrogen-bond acceptors (Lipinski definition) is 1. The van der Waals surface area contributed by atoms with Crippen LogP contribution in [0.5, 0.6) is 0 Å². The molecule has 18 atom stereocenters. The summed E-state index contributed by atoms with van der Waals surface area (Å²) in [7, 11) is 0. The SMILES string of the molecule is CC1CCCC1C(C(CC1CCC1)C1CCCC1)C1CC12C1C3CCC3C1C1C3CCC4(CC4CN4CC4)C3C3(C=C(CC(CC4=CCCC4)C4CCCC4)C3)C12. The van der Waals surface area contributed by atoms with Crippen LogP contribution in [0.1, 0.15) is 180 Å². The molecule has 18 unspecified atom stereocenters. The van der Waals surface area contributed by atoms with Crippen LogP contribution in [0.3, 0.4) is 0 Å². The molecular weight excluding hydrogens is 687 g/mol. The van der Waals surface area contributed by atoms with E-state index in [2.05, 4.69) is 24.0 Å². The predicted molar refractivity (Wildman–Crippen MR) is 233 cm³/mol. The van der Waals surface area contributed by atoms with Gasteiger partial charge < -0.3 is 4.90 Å². The zero-order chi connectivity index (χ0) is 37.3. The number of allylic oxidation sites excluding steroid dienone is 4. The van der Waals surface area contributed by atoms with Crippen molar-refractivity contribution in [2.75, 3.05) is 19.6 Å². The van der Waals surface area contributed by atoms with Crippen molar-refractivity contribution in [3.63, 3.8) is 0 Å². The number of rotatable bonds is 13. The van der Waals surface area contributed by atoms with Crippen molar-refractivity contribution in [2.45, 2.75) is 180 Å². The maximum absolute atomic E-state index is 3.29. The largest absolute Gasteiger partial charge is 0.300 e. The third kappa shape index (κ3) is 5.09. The third-order valence-electron chi connectivity index (χ3n) is 24.3. The lowest BCUT2D eigenvalue weighted by molar-refractivity contribution is -0.137. The number of fused-ring (bicyclic) bond motifs is 13. The molecule has 0 aromatic carbocycles. The van der Waals surface area contributed by atoms with Gasteiger partial charge in [-0.3, -0.25) is 0 Å². The molecule has 312 valence electrons. The molecule has 1 nitrogen and oxygen atoms in total. The second-order valence-electron chi connectivity index (χ2n) is 26.1. The summed E-state index contributed by atoms with van der Waals surface area (Å²) >= 11 is 0. The first-order chi connectivity index (χ1) is 28.1. The summed E-state index contributed by atoms with van der Waals surface area (Å²) in [5, 5.41) is 0. The highest BCUT2D eigenvalue weighted by atomic mass is 15.3. The molecule has 0 bridgehead atoms. The number of hydrogen-bond donors (Lipinski definition) is 0. The zero-order valence-corrected chi connectivity index (χ0v) is 36.7. The van der Waals surface area contributed by atoms with E-state index in [-0.39, 0.29) is 0 Å². The monoisotopic (exact) mass is 770 g/mol. The first-order valence-electron chi connectivity index (χ1n) is 27.2. The van der Waals surface area contributed by atoms with Gasteiger partial charge in [0.1, 0.15) is 0 Å². The second kappa shape index (κ2) is 13.0. The normalized spacial score (nSPS) is 53.1. The van der Waals surface area contributed by atoms with Crippen LogP contribution in [0, 0.1) is 123 Å². The minimum Gasteiger partial charge on any atom is -0.300 e. The van der Waals surface area contributed by atoms with Gasteiger partial charge in [-0.2, -0.15) is 0 Å². The van der Waals surface area contributed by atoms with Gasteiger partial charge in [-0.1, -0.05) is 114 Å². The Hall–Kier alpha value is -0.560. The Labute approximate surface area is 349 Å². The highest BCUT2D eigenvalue weighted by Gasteiger charge is 2.89. The first kappa shape index (κ1) is 36.0. The van der Waals surface area contributed by atoms with Gasteiger partial charge in [-0.15, -0.1) is 0 Å². The summed E-state index contributed by atoms with van der Waals surface area (Å²) in [6.07, 6.45) is 48.4. The van der Waals surface area contributed by atoms with E-state index >= 15 is 0 Å². The molecule has 14 rings (SSSR count). The topological polar surface area (TPSA) is 3.01 Å². The van der Waals surface area contributed by atoms with E-state index in [1.807, 2.05) is 11.1 Å². The molecule has 13 aliphatic carbocycles. The molecule has 1 heterocycles. The van der Waals surface area contributed by atoms with Crippen molar-refractivity contribution in [2.24, 2.45) is 123 Å². The van der Waals surface area contributed by atoms with Crippen LogP contribution in [-0.2, 0) is 0 Å². The summed E-state index contributed by atoms with van der Waals surface area (Å²) in [5.41, 5.74) is 6.02. The van der Waals surface area contributed by atoms with Crippen LogP contribution < -0.4 is 0 Å². The van der Waals surface area contributed by atoms with Crippen molar-refractivity contribution in [1.82, 2.24) is 4.90 Å². The van der Waals surface area contributed by atoms with Crippen molar-refractivity contribution in [3.05, 3.63) is 23.3 Å². The Bertz CT molecular complexity index is 1650. The van der Waals surface area contributed by atoms with Crippen LogP contribution in [-0.4, -0.2) is 24.5 Å². The molecule has 14 aliphatic rings. The van der Waals surface area contributed by atoms with Gasteiger partial charge in [0.05, 0.1) is 0 Å². The zero-order valence-electron chi connectivity index (χ0n) is 36.7. The Morgan fingerprint density at radius 2 is 1.49 bits per heavy atom. The van der Waals surface area contributed by atoms with Crippen LogP contribution in [0.4, 0.5) is 0 Å². The highest BCUT2D eigenvalue weighted by molar-refractivity contribution is 5.43. The number of nitrogens with zero attached hydrogens (tertiary/aromatic N) is 1. The van der Waals surface area contributed by atoms with Gasteiger partial charge in [-0.05, 0) is 213 Å². The maximum atomic E-state index is 3.29. The summed E-state index contributed by atoms with van der Waals surface area (Å²) < 4.78 is 0. The van der Waals surface area contributed by atoms with E-state index in [4.69, 9.17) is 0 Å².